The highest BCUT2D eigenvalue weighted by atomic mass is 31.2. The van der Waals surface area contributed by atoms with E-state index >= 15 is 0 Å². The molecule has 14 nitrogen and oxygen atoms in total. The van der Waals surface area contributed by atoms with Gasteiger partial charge < -0.3 is 34.4 Å². The lowest BCUT2D eigenvalue weighted by Crippen LogP contribution is -2.30. The van der Waals surface area contributed by atoms with E-state index in [1.165, 1.54) is 64.2 Å². The van der Waals surface area contributed by atoms with Gasteiger partial charge in [0.15, 0.2) is 6.10 Å². The van der Waals surface area contributed by atoms with Crippen LogP contribution in [0.2, 0.25) is 0 Å². The van der Waals surface area contributed by atoms with Gasteiger partial charge in [-0.25, -0.2) is 9.13 Å². The molecule has 0 saturated heterocycles. The van der Waals surface area contributed by atoms with Crippen molar-refractivity contribution < 1.29 is 66.7 Å². The molecular weight excluding hydrogens is 802 g/mol. The van der Waals surface area contributed by atoms with Gasteiger partial charge in [-0.05, 0) is 50.9 Å². The van der Waals surface area contributed by atoms with E-state index in [2.05, 4.69) is 42.0 Å². The molecule has 5 atom stereocenters. The van der Waals surface area contributed by atoms with Crippen LogP contribution in [0.5, 0.6) is 0 Å². The first-order chi connectivity index (χ1) is 28.2. The van der Waals surface area contributed by atoms with E-state index in [0.717, 1.165) is 44.4 Å². The summed E-state index contributed by atoms with van der Waals surface area (Å²) in [7, 11) is -9.71. The second-order valence-corrected chi connectivity index (χ2v) is 17.8. The van der Waals surface area contributed by atoms with Crippen molar-refractivity contribution in [3.63, 3.8) is 0 Å². The fraction of sp³-hybridized carbons (Fsp3) is 0.767. The Bertz CT molecular complexity index is 1260. The van der Waals surface area contributed by atoms with Gasteiger partial charge in [-0.15, -0.1) is 0 Å². The molecule has 5 N–H and O–H groups in total. The molecule has 0 spiro atoms. The Hall–Kier alpha value is -1.96. The lowest BCUT2D eigenvalue weighted by molar-refractivity contribution is -0.161. The molecule has 0 rings (SSSR count). The van der Waals surface area contributed by atoms with E-state index < -0.39 is 72.3 Å². The molecular formula is C43H78O14P2. The van der Waals surface area contributed by atoms with Crippen molar-refractivity contribution in [1.29, 1.82) is 0 Å². The number of phosphoric ester groups is 2. The maximum absolute atomic E-state index is 12.7. The number of ether oxygens (including phenoxy) is 2. The van der Waals surface area contributed by atoms with Gasteiger partial charge in [-0.3, -0.25) is 23.2 Å². The van der Waals surface area contributed by atoms with Crippen LogP contribution >= 0.6 is 15.6 Å². The Balaban J connectivity index is 4.70. The highest BCUT2D eigenvalue weighted by molar-refractivity contribution is 7.47. The van der Waals surface area contributed by atoms with Crippen molar-refractivity contribution in [3.05, 3.63) is 48.6 Å². The molecule has 0 aromatic carbocycles. The molecule has 0 aliphatic heterocycles. The molecule has 59 heavy (non-hydrogen) atoms. The van der Waals surface area contributed by atoms with Gasteiger partial charge in [0.2, 0.25) is 0 Å². The maximum Gasteiger partial charge on any atom is 0.472 e. The fourth-order valence-electron chi connectivity index (χ4n) is 5.57. The summed E-state index contributed by atoms with van der Waals surface area (Å²) >= 11 is 0. The zero-order valence-electron chi connectivity index (χ0n) is 36.1. The Kier molecular flexibility index (Phi) is 36.5. The summed E-state index contributed by atoms with van der Waals surface area (Å²) in [5.41, 5.74) is 0. The van der Waals surface area contributed by atoms with Gasteiger partial charge in [-0.1, -0.05) is 153 Å². The molecule has 0 aliphatic carbocycles. The number of unbranched alkanes of at least 4 members (excludes halogenated alkanes) is 13. The number of aliphatic hydroxyl groups is 2. The summed E-state index contributed by atoms with van der Waals surface area (Å²) in [5.74, 6) is -0.352. The van der Waals surface area contributed by atoms with Gasteiger partial charge in [0, 0.05) is 12.8 Å². The van der Waals surface area contributed by atoms with Crippen molar-refractivity contribution in [2.75, 3.05) is 26.4 Å². The first kappa shape index (κ1) is 57.0. The lowest BCUT2D eigenvalue weighted by atomic mass is 9.99. The normalized spacial score (nSPS) is 15.6. The number of carbonyl (C=O) groups excluding carboxylic acids is 2. The largest absolute Gasteiger partial charge is 0.472 e. The lowest BCUT2D eigenvalue weighted by Gasteiger charge is -2.20. The molecule has 0 aromatic heterocycles. The van der Waals surface area contributed by atoms with E-state index in [1.54, 1.807) is 18.2 Å². The summed E-state index contributed by atoms with van der Waals surface area (Å²) in [5, 5.41) is 19.9. The summed E-state index contributed by atoms with van der Waals surface area (Å²) < 4.78 is 47.6. The molecule has 0 radical (unpaired) electrons. The van der Waals surface area contributed by atoms with Crippen LogP contribution in [0.3, 0.4) is 0 Å². The highest BCUT2D eigenvalue weighted by Gasteiger charge is 2.28. The third kappa shape index (κ3) is 41.2. The number of carbonyl (C=O) groups is 2. The Morgan fingerprint density at radius 2 is 1.22 bits per heavy atom. The summed E-state index contributed by atoms with van der Waals surface area (Å²) in [6.07, 6.45) is 32.8. The SMILES string of the molecule is CCCCC/C=C\C/C=C\CC(O)/C=C\C=C\CCCC(=O)OC[C@H](COP(=O)(O)OC[C@@H](O)COP(=O)(O)O)OC(=O)CCCCCCCCCCCCC(C)CC. The quantitative estimate of drug-likeness (QED) is 0.0127. The monoisotopic (exact) mass is 880 g/mol. The zero-order valence-corrected chi connectivity index (χ0v) is 37.9. The molecule has 16 heteroatoms. The summed E-state index contributed by atoms with van der Waals surface area (Å²) in [4.78, 5) is 52.6. The van der Waals surface area contributed by atoms with Crippen LogP contribution < -0.4 is 0 Å². The first-order valence-corrected chi connectivity index (χ1v) is 24.9. The van der Waals surface area contributed by atoms with Crippen LogP contribution in [0, 0.1) is 5.92 Å². The molecule has 344 valence electrons. The molecule has 0 aromatic rings. The van der Waals surface area contributed by atoms with Crippen molar-refractivity contribution in [3.8, 4) is 0 Å². The third-order valence-corrected chi connectivity index (χ3v) is 10.8. The number of allylic oxidation sites excluding steroid dienone is 6. The van der Waals surface area contributed by atoms with Crippen LogP contribution in [0.4, 0.5) is 0 Å². The highest BCUT2D eigenvalue weighted by Crippen LogP contribution is 2.43. The van der Waals surface area contributed by atoms with Gasteiger partial charge in [0.25, 0.3) is 0 Å². The van der Waals surface area contributed by atoms with Crippen LogP contribution in [-0.4, -0.2) is 81.6 Å². The van der Waals surface area contributed by atoms with Gasteiger partial charge in [-0.2, -0.15) is 0 Å². The molecule has 0 bridgehead atoms. The maximum atomic E-state index is 12.7. The van der Waals surface area contributed by atoms with Crippen molar-refractivity contribution in [2.24, 2.45) is 5.92 Å². The van der Waals surface area contributed by atoms with Gasteiger partial charge in [0.1, 0.15) is 12.7 Å². The Labute approximate surface area is 354 Å². The Morgan fingerprint density at radius 1 is 0.627 bits per heavy atom. The second kappa shape index (κ2) is 37.8. The van der Waals surface area contributed by atoms with E-state index in [4.69, 9.17) is 23.8 Å². The van der Waals surface area contributed by atoms with Crippen LogP contribution in [-0.2, 0) is 41.8 Å². The number of esters is 2. The number of rotatable bonds is 40. The van der Waals surface area contributed by atoms with Crippen molar-refractivity contribution in [2.45, 2.75) is 180 Å². The van der Waals surface area contributed by atoms with Crippen LogP contribution in [0.1, 0.15) is 162 Å². The smallest absolute Gasteiger partial charge is 0.462 e. The molecule has 0 fully saturated rings. The van der Waals surface area contributed by atoms with Crippen molar-refractivity contribution in [1.82, 2.24) is 0 Å². The summed E-state index contributed by atoms with van der Waals surface area (Å²) in [6.45, 7) is 3.89. The first-order valence-electron chi connectivity index (χ1n) is 21.8. The predicted octanol–water partition coefficient (Wildman–Crippen LogP) is 9.89. The Morgan fingerprint density at radius 3 is 1.88 bits per heavy atom. The van der Waals surface area contributed by atoms with E-state index in [9.17, 15) is 33.8 Å². The standard InChI is InChI=1S/C43H78O14P2/c1-4-6-7-8-9-12-16-20-25-30-39(44)31-26-21-18-23-27-32-42(46)53-36-41(37-56-59(51,52)55-35-40(45)34-54-58(48,49)50)57-43(47)33-28-22-17-14-11-10-13-15-19-24-29-38(3)5-2/h9,12,18,20-21,25-26,31,38-41,44-45H,4-8,10-11,13-17,19,22-24,27-30,32-37H2,1-3H3,(H,51,52)(H2,48,49,50)/b12-9-,21-18+,25-20-,31-26-/t38?,39?,40-,41+/m0/s1. The topological polar surface area (TPSA) is 216 Å². The zero-order chi connectivity index (χ0) is 44.0. The van der Waals surface area contributed by atoms with E-state index in [0.29, 0.717) is 25.7 Å². The molecule has 0 amide bonds. The van der Waals surface area contributed by atoms with Crippen LogP contribution in [0.25, 0.3) is 0 Å². The molecule has 0 heterocycles. The number of phosphoric acid groups is 2. The fourth-order valence-corrected chi connectivity index (χ4v) is 6.73. The van der Waals surface area contributed by atoms with Crippen LogP contribution in [0.15, 0.2) is 48.6 Å². The van der Waals surface area contributed by atoms with E-state index in [-0.39, 0.29) is 12.8 Å². The average molecular weight is 881 g/mol. The number of hydrogen-bond acceptors (Lipinski definition) is 11. The van der Waals surface area contributed by atoms with E-state index in [1.807, 2.05) is 18.2 Å². The minimum absolute atomic E-state index is 0.0600. The third-order valence-electron chi connectivity index (χ3n) is 9.33. The average Bonchev–Trinajstić information content (AvgIpc) is 3.19. The molecule has 3 unspecified atom stereocenters. The van der Waals surface area contributed by atoms with Gasteiger partial charge in [0.05, 0.1) is 25.9 Å². The number of hydrogen-bond donors (Lipinski definition) is 5. The minimum Gasteiger partial charge on any atom is -0.462 e. The summed E-state index contributed by atoms with van der Waals surface area (Å²) in [6, 6.07) is 0. The number of aliphatic hydroxyl groups excluding tert-OH is 2. The second-order valence-electron chi connectivity index (χ2n) is 15.1. The minimum atomic E-state index is -4.88. The van der Waals surface area contributed by atoms with Gasteiger partial charge >= 0.3 is 27.6 Å². The molecule has 0 aliphatic rings. The van der Waals surface area contributed by atoms with Crippen molar-refractivity contribution >= 4 is 27.6 Å². The predicted molar refractivity (Wildman–Crippen MR) is 231 cm³/mol. The molecule has 0 saturated carbocycles.